The van der Waals surface area contributed by atoms with Crippen LogP contribution >= 0.6 is 11.3 Å². The third-order valence-corrected chi connectivity index (χ3v) is 4.72. The molecule has 0 aliphatic carbocycles. The van der Waals surface area contributed by atoms with Crippen molar-refractivity contribution in [2.75, 3.05) is 5.32 Å². The molecular formula is C16H19N7O2S. The zero-order chi connectivity index (χ0) is 18.5. The summed E-state index contributed by atoms with van der Waals surface area (Å²) < 4.78 is 1.49. The van der Waals surface area contributed by atoms with E-state index < -0.39 is 0 Å². The van der Waals surface area contributed by atoms with Gasteiger partial charge in [0.25, 0.3) is 11.5 Å². The highest BCUT2D eigenvalue weighted by molar-refractivity contribution is 7.15. The minimum absolute atomic E-state index is 0.303. The largest absolute Gasteiger partial charge is 0.296 e. The zero-order valence-electron chi connectivity index (χ0n) is 14.5. The van der Waals surface area contributed by atoms with E-state index in [4.69, 9.17) is 0 Å². The molecule has 0 bridgehead atoms. The molecule has 3 heterocycles. The molecule has 0 saturated heterocycles. The molecule has 3 rings (SSSR count). The summed E-state index contributed by atoms with van der Waals surface area (Å²) in [5, 5.41) is 22.7. The van der Waals surface area contributed by atoms with Crippen LogP contribution < -0.4 is 10.9 Å². The third kappa shape index (κ3) is 4.02. The highest BCUT2D eigenvalue weighted by atomic mass is 32.1. The van der Waals surface area contributed by atoms with E-state index in [-0.39, 0.29) is 11.5 Å². The molecule has 0 radical (unpaired) electrons. The van der Waals surface area contributed by atoms with Gasteiger partial charge < -0.3 is 0 Å². The van der Waals surface area contributed by atoms with Crippen LogP contribution in [0.5, 0.6) is 0 Å². The van der Waals surface area contributed by atoms with Gasteiger partial charge in [0, 0.05) is 12.5 Å². The molecule has 26 heavy (non-hydrogen) atoms. The average molecular weight is 373 g/mol. The first-order valence-corrected chi connectivity index (χ1v) is 9.14. The van der Waals surface area contributed by atoms with E-state index in [0.717, 1.165) is 30.7 Å². The maximum absolute atomic E-state index is 12.5. The van der Waals surface area contributed by atoms with Gasteiger partial charge in [-0.15, -0.1) is 10.2 Å². The molecule has 136 valence electrons. The van der Waals surface area contributed by atoms with Crippen LogP contribution in [-0.2, 0) is 6.42 Å². The topological polar surface area (TPSA) is 118 Å². The summed E-state index contributed by atoms with van der Waals surface area (Å²) in [5.74, 6) is 0.115. The molecule has 3 aromatic heterocycles. The maximum Gasteiger partial charge on any atom is 0.264 e. The predicted molar refractivity (Wildman–Crippen MR) is 97.8 cm³/mol. The number of aromatic amines is 1. The first-order chi connectivity index (χ1) is 12.6. The third-order valence-electron chi connectivity index (χ3n) is 3.82. The monoisotopic (exact) mass is 373 g/mol. The van der Waals surface area contributed by atoms with Crippen molar-refractivity contribution < 1.29 is 4.79 Å². The van der Waals surface area contributed by atoms with Crippen molar-refractivity contribution >= 4 is 22.4 Å². The van der Waals surface area contributed by atoms with Crippen molar-refractivity contribution in [3.05, 3.63) is 44.9 Å². The van der Waals surface area contributed by atoms with Gasteiger partial charge in [-0.05, 0) is 19.4 Å². The van der Waals surface area contributed by atoms with E-state index in [1.165, 1.54) is 34.3 Å². The van der Waals surface area contributed by atoms with Crippen molar-refractivity contribution in [1.29, 1.82) is 0 Å². The highest BCUT2D eigenvalue weighted by Gasteiger charge is 2.17. The molecule has 0 aliphatic rings. The van der Waals surface area contributed by atoms with E-state index in [2.05, 4.69) is 37.7 Å². The van der Waals surface area contributed by atoms with Crippen molar-refractivity contribution in [1.82, 2.24) is 30.2 Å². The SMILES string of the molecule is CCCCCc1nnc(NC(=O)c2cnn(-c3ccc(=O)[nH]n3)c2C)s1. The lowest BCUT2D eigenvalue weighted by Gasteiger charge is -2.03. The predicted octanol–water partition coefficient (Wildman–Crippen LogP) is 2.10. The summed E-state index contributed by atoms with van der Waals surface area (Å²) in [4.78, 5) is 23.6. The van der Waals surface area contributed by atoms with Gasteiger partial charge in [-0.25, -0.2) is 9.78 Å². The first kappa shape index (κ1) is 17.9. The van der Waals surface area contributed by atoms with Gasteiger partial charge in [0.1, 0.15) is 5.01 Å². The zero-order valence-corrected chi connectivity index (χ0v) is 15.3. The lowest BCUT2D eigenvalue weighted by atomic mass is 10.2. The first-order valence-electron chi connectivity index (χ1n) is 8.33. The molecule has 0 spiro atoms. The molecule has 10 heteroatoms. The van der Waals surface area contributed by atoms with Gasteiger partial charge in [0.2, 0.25) is 5.13 Å². The standard InChI is InChI=1S/C16H19N7O2S/c1-3-4-5-6-14-21-22-16(26-14)18-15(25)11-9-17-23(10(11)2)12-7-8-13(24)20-19-12/h7-9H,3-6H2,1-2H3,(H,20,24)(H,18,22,25). The molecule has 3 aromatic rings. The summed E-state index contributed by atoms with van der Waals surface area (Å²) >= 11 is 1.38. The van der Waals surface area contributed by atoms with Gasteiger partial charge in [-0.1, -0.05) is 31.1 Å². The minimum Gasteiger partial charge on any atom is -0.296 e. The fourth-order valence-electron chi connectivity index (χ4n) is 2.41. The molecule has 0 saturated carbocycles. The second-order valence-corrected chi connectivity index (χ2v) is 6.81. The average Bonchev–Trinajstić information content (AvgIpc) is 3.22. The Morgan fingerprint density at radius 3 is 2.88 bits per heavy atom. The number of anilines is 1. The Bertz CT molecular complexity index is 939. The van der Waals surface area contributed by atoms with Crippen LogP contribution in [0.2, 0.25) is 0 Å². The van der Waals surface area contributed by atoms with Crippen molar-refractivity contribution in [3.8, 4) is 5.82 Å². The molecular weight excluding hydrogens is 354 g/mol. The Kier molecular flexibility index (Phi) is 5.52. The van der Waals surface area contributed by atoms with Gasteiger partial charge in [0.05, 0.1) is 17.5 Å². The second kappa shape index (κ2) is 8.00. The van der Waals surface area contributed by atoms with Crippen molar-refractivity contribution in [3.63, 3.8) is 0 Å². The molecule has 0 aliphatic heterocycles. The van der Waals surface area contributed by atoms with Crippen molar-refractivity contribution in [2.24, 2.45) is 0 Å². The normalized spacial score (nSPS) is 10.8. The molecule has 0 aromatic carbocycles. The number of nitrogens with zero attached hydrogens (tertiary/aromatic N) is 5. The van der Waals surface area contributed by atoms with Crippen LogP contribution in [0.3, 0.4) is 0 Å². The highest BCUT2D eigenvalue weighted by Crippen LogP contribution is 2.19. The molecule has 0 atom stereocenters. The number of unbranched alkanes of at least 4 members (excludes halogenated alkanes) is 2. The number of amides is 1. The molecule has 1 amide bonds. The molecule has 0 unspecified atom stereocenters. The van der Waals surface area contributed by atoms with E-state index >= 15 is 0 Å². The van der Waals surface area contributed by atoms with E-state index in [1.807, 2.05) is 0 Å². The Morgan fingerprint density at radius 2 is 2.15 bits per heavy atom. The summed E-state index contributed by atoms with van der Waals surface area (Å²) in [6.07, 6.45) is 5.70. The lowest BCUT2D eigenvalue weighted by molar-refractivity contribution is 0.102. The quantitative estimate of drug-likeness (QED) is 0.612. The number of aryl methyl sites for hydroxylation is 1. The number of carbonyl (C=O) groups excluding carboxylic acids is 1. The van der Waals surface area contributed by atoms with Crippen LogP contribution in [0.25, 0.3) is 5.82 Å². The van der Waals surface area contributed by atoms with Gasteiger partial charge in [-0.2, -0.15) is 10.2 Å². The van der Waals surface area contributed by atoms with Crippen molar-refractivity contribution in [2.45, 2.75) is 39.5 Å². The molecule has 9 nitrogen and oxygen atoms in total. The number of hydrogen-bond donors (Lipinski definition) is 2. The summed E-state index contributed by atoms with van der Waals surface area (Å²) in [6, 6.07) is 2.89. The fourth-order valence-corrected chi connectivity index (χ4v) is 3.19. The molecule has 0 fully saturated rings. The van der Waals surface area contributed by atoms with Crippen LogP contribution in [0.4, 0.5) is 5.13 Å². The summed E-state index contributed by atoms with van der Waals surface area (Å²) in [7, 11) is 0. The second-order valence-electron chi connectivity index (χ2n) is 5.75. The van der Waals surface area contributed by atoms with Crippen LogP contribution in [-0.4, -0.2) is 36.1 Å². The Morgan fingerprint density at radius 1 is 1.31 bits per heavy atom. The van der Waals surface area contributed by atoms with Gasteiger partial charge in [0.15, 0.2) is 5.82 Å². The van der Waals surface area contributed by atoms with E-state index in [9.17, 15) is 9.59 Å². The number of aromatic nitrogens is 6. The van der Waals surface area contributed by atoms with Crippen LogP contribution in [0.1, 0.15) is 47.2 Å². The minimum atomic E-state index is -0.311. The molecule has 2 N–H and O–H groups in total. The smallest absolute Gasteiger partial charge is 0.264 e. The maximum atomic E-state index is 12.5. The van der Waals surface area contributed by atoms with E-state index in [1.54, 1.807) is 6.92 Å². The number of hydrogen-bond acceptors (Lipinski definition) is 7. The Hall–Kier alpha value is -2.88. The summed E-state index contributed by atoms with van der Waals surface area (Å²) in [5.41, 5.74) is 0.706. The number of H-pyrrole nitrogens is 1. The van der Waals surface area contributed by atoms with Gasteiger partial charge >= 0.3 is 0 Å². The lowest BCUT2D eigenvalue weighted by Crippen LogP contribution is -2.14. The Labute approximate surface area is 153 Å². The van der Waals surface area contributed by atoms with Gasteiger partial charge in [-0.3, -0.25) is 14.9 Å². The number of nitrogens with one attached hydrogen (secondary N) is 2. The van der Waals surface area contributed by atoms with E-state index in [0.29, 0.717) is 22.2 Å². The fraction of sp³-hybridized carbons (Fsp3) is 0.375. The number of rotatable bonds is 7. The van der Waals surface area contributed by atoms with Crippen LogP contribution in [0, 0.1) is 6.92 Å². The number of carbonyl (C=O) groups is 1. The summed E-state index contributed by atoms with van der Waals surface area (Å²) in [6.45, 7) is 3.90. The van der Waals surface area contributed by atoms with Crippen LogP contribution in [0.15, 0.2) is 23.1 Å². The Balaban J connectivity index is 1.71.